The first-order valence-corrected chi connectivity index (χ1v) is 8.19. The van der Waals surface area contributed by atoms with E-state index in [-0.39, 0.29) is 37.1 Å². The molecule has 0 N–H and O–H groups in total. The summed E-state index contributed by atoms with van der Waals surface area (Å²) in [6.07, 6.45) is 0.485. The molecule has 3 heterocycles. The molecule has 0 aromatic heterocycles. The molecule has 0 amide bonds. The normalized spacial score (nSPS) is 32.4. The molecule has 0 aromatic rings. The van der Waals surface area contributed by atoms with E-state index in [4.69, 9.17) is 23.7 Å². The van der Waals surface area contributed by atoms with Crippen LogP contribution in [0.15, 0.2) is 11.8 Å². The van der Waals surface area contributed by atoms with Gasteiger partial charge in [0.15, 0.2) is 17.6 Å². The summed E-state index contributed by atoms with van der Waals surface area (Å²) in [6.45, 7) is 7.92. The molecule has 8 heteroatoms. The van der Waals surface area contributed by atoms with E-state index in [0.29, 0.717) is 6.54 Å². The van der Waals surface area contributed by atoms with Crippen LogP contribution in [0.2, 0.25) is 0 Å². The van der Waals surface area contributed by atoms with Crippen LogP contribution >= 0.6 is 0 Å². The van der Waals surface area contributed by atoms with Crippen LogP contribution in [0.5, 0.6) is 0 Å². The largest absolute Gasteiger partial charge is 0.462 e. The minimum atomic E-state index is -0.709. The molecule has 24 heavy (non-hydrogen) atoms. The lowest BCUT2D eigenvalue weighted by atomic mass is 10.1. The second-order valence-corrected chi connectivity index (χ2v) is 6.31. The van der Waals surface area contributed by atoms with Gasteiger partial charge in [-0.15, -0.1) is 0 Å². The lowest BCUT2D eigenvalue weighted by Crippen LogP contribution is -2.46. The second-order valence-electron chi connectivity index (χ2n) is 6.31. The topological polar surface area (TPSA) is 83.5 Å². The summed E-state index contributed by atoms with van der Waals surface area (Å²) in [7, 11) is 0. The Balaban J connectivity index is 1.79. The van der Waals surface area contributed by atoms with Gasteiger partial charge in [0.1, 0.15) is 18.3 Å². The Hall–Kier alpha value is -1.64. The molecule has 3 fully saturated rings. The van der Waals surface area contributed by atoms with Crippen LogP contribution in [0.25, 0.3) is 0 Å². The molecule has 4 atom stereocenters. The fraction of sp³-hybridized carbons (Fsp3) is 0.750. The van der Waals surface area contributed by atoms with Gasteiger partial charge in [0.2, 0.25) is 0 Å². The van der Waals surface area contributed by atoms with Gasteiger partial charge in [0.05, 0.1) is 13.2 Å². The van der Waals surface area contributed by atoms with Crippen molar-refractivity contribution in [3.05, 3.63) is 11.8 Å². The molecule has 0 aliphatic carbocycles. The lowest BCUT2D eigenvalue weighted by Gasteiger charge is -2.29. The third-order valence-electron chi connectivity index (χ3n) is 4.13. The van der Waals surface area contributed by atoms with Gasteiger partial charge >= 0.3 is 11.9 Å². The maximum absolute atomic E-state index is 12.1. The minimum Gasteiger partial charge on any atom is -0.462 e. The monoisotopic (exact) mass is 341 g/mol. The van der Waals surface area contributed by atoms with Crippen LogP contribution in [-0.2, 0) is 33.3 Å². The molecule has 3 aliphatic rings. The number of likely N-dealkylation sites (tertiary alicyclic amines) is 1. The third-order valence-corrected chi connectivity index (χ3v) is 4.13. The highest BCUT2D eigenvalue weighted by molar-refractivity contribution is 6.13. The van der Waals surface area contributed by atoms with E-state index in [2.05, 4.69) is 0 Å². The van der Waals surface area contributed by atoms with E-state index < -0.39 is 24.0 Å². The van der Waals surface area contributed by atoms with Crippen molar-refractivity contribution in [1.82, 2.24) is 4.90 Å². The first-order chi connectivity index (χ1) is 11.4. The Morgan fingerprint density at radius 3 is 2.29 bits per heavy atom. The molecule has 0 aromatic carbocycles. The average Bonchev–Trinajstić information content (AvgIpc) is 3.13. The van der Waals surface area contributed by atoms with Gasteiger partial charge in [0, 0.05) is 12.7 Å². The summed E-state index contributed by atoms with van der Waals surface area (Å²) in [5.41, 5.74) is -0.149. The zero-order valence-electron chi connectivity index (χ0n) is 14.3. The highest BCUT2D eigenvalue weighted by Gasteiger charge is 2.60. The molecule has 0 radical (unpaired) electrons. The molecule has 134 valence electrons. The van der Waals surface area contributed by atoms with Crippen molar-refractivity contribution in [1.29, 1.82) is 0 Å². The number of carbonyl (C=O) groups excluding carboxylic acids is 2. The second kappa shape index (κ2) is 6.34. The standard InChI is InChI=1S/C16H23NO7/c1-5-20-14(18)9(15(19)21-6-2)7-17-8-10-11-12(13(17)22-10)24-16(3,4)23-11/h7,10-13H,5-6,8H2,1-4H3/t10-,11-,12-,13-/m1/s1. The fourth-order valence-corrected chi connectivity index (χ4v) is 3.28. The van der Waals surface area contributed by atoms with Crippen LogP contribution in [0.4, 0.5) is 0 Å². The number of nitrogens with zero attached hydrogens (tertiary/aromatic N) is 1. The van der Waals surface area contributed by atoms with Crippen molar-refractivity contribution in [2.75, 3.05) is 19.8 Å². The molecule has 2 bridgehead atoms. The number of hydrogen-bond donors (Lipinski definition) is 0. The highest BCUT2D eigenvalue weighted by atomic mass is 16.8. The molecule has 3 saturated heterocycles. The molecule has 0 saturated carbocycles. The van der Waals surface area contributed by atoms with E-state index in [1.54, 1.807) is 18.7 Å². The molecule has 8 nitrogen and oxygen atoms in total. The Morgan fingerprint density at radius 1 is 1.12 bits per heavy atom. The van der Waals surface area contributed by atoms with E-state index in [9.17, 15) is 9.59 Å². The predicted molar refractivity (Wildman–Crippen MR) is 80.5 cm³/mol. The van der Waals surface area contributed by atoms with Crippen LogP contribution < -0.4 is 0 Å². The smallest absolute Gasteiger partial charge is 0.347 e. The van der Waals surface area contributed by atoms with Gasteiger partial charge in [-0.25, -0.2) is 9.59 Å². The molecular formula is C16H23NO7. The van der Waals surface area contributed by atoms with Crippen LogP contribution in [-0.4, -0.2) is 66.9 Å². The van der Waals surface area contributed by atoms with Crippen LogP contribution in [0.3, 0.4) is 0 Å². The van der Waals surface area contributed by atoms with Crippen molar-refractivity contribution < 1.29 is 33.3 Å². The minimum absolute atomic E-state index is 0.136. The maximum Gasteiger partial charge on any atom is 0.347 e. The summed E-state index contributed by atoms with van der Waals surface area (Å²) in [5, 5.41) is 0. The zero-order chi connectivity index (χ0) is 17.5. The first kappa shape index (κ1) is 17.2. The quantitative estimate of drug-likeness (QED) is 0.310. The summed E-state index contributed by atoms with van der Waals surface area (Å²) in [4.78, 5) is 25.9. The summed E-state index contributed by atoms with van der Waals surface area (Å²) < 4.78 is 27.5. The SMILES string of the molecule is CCOC(=O)C(=CN1C[C@H]2O[C@@H]1[C@@H]1OC(C)(C)O[C@@H]12)C(=O)OCC. The summed E-state index contributed by atoms with van der Waals surface area (Å²) in [5.74, 6) is -2.08. The van der Waals surface area contributed by atoms with Gasteiger partial charge in [-0.1, -0.05) is 0 Å². The number of ether oxygens (including phenoxy) is 5. The molecule has 0 unspecified atom stereocenters. The van der Waals surface area contributed by atoms with Crippen LogP contribution in [0.1, 0.15) is 27.7 Å². The van der Waals surface area contributed by atoms with E-state index >= 15 is 0 Å². The van der Waals surface area contributed by atoms with Crippen LogP contribution in [0, 0.1) is 0 Å². The van der Waals surface area contributed by atoms with Crippen molar-refractivity contribution in [3.8, 4) is 0 Å². The van der Waals surface area contributed by atoms with Gasteiger partial charge in [0.25, 0.3) is 0 Å². The summed E-state index contributed by atoms with van der Waals surface area (Å²) in [6, 6.07) is 0. The van der Waals surface area contributed by atoms with E-state index in [1.807, 2.05) is 13.8 Å². The van der Waals surface area contributed by atoms with Crippen molar-refractivity contribution in [2.45, 2.75) is 58.0 Å². The number of rotatable bonds is 5. The van der Waals surface area contributed by atoms with Gasteiger partial charge in [-0.3, -0.25) is 0 Å². The number of esters is 2. The Labute approximate surface area is 140 Å². The van der Waals surface area contributed by atoms with E-state index in [1.165, 1.54) is 6.20 Å². The predicted octanol–water partition coefficient (Wildman–Crippen LogP) is 0.557. The highest BCUT2D eigenvalue weighted by Crippen LogP contribution is 2.44. The number of fused-ring (bicyclic) bond motifs is 5. The fourth-order valence-electron chi connectivity index (χ4n) is 3.28. The van der Waals surface area contributed by atoms with Gasteiger partial charge in [-0.05, 0) is 27.7 Å². The van der Waals surface area contributed by atoms with Crippen molar-refractivity contribution in [3.63, 3.8) is 0 Å². The average molecular weight is 341 g/mol. The van der Waals surface area contributed by atoms with Gasteiger partial charge < -0.3 is 28.6 Å². The Morgan fingerprint density at radius 2 is 1.71 bits per heavy atom. The molecule has 0 spiro atoms. The maximum atomic E-state index is 12.1. The lowest BCUT2D eigenvalue weighted by molar-refractivity contribution is -0.181. The van der Waals surface area contributed by atoms with Crippen molar-refractivity contribution in [2.24, 2.45) is 0 Å². The first-order valence-electron chi connectivity index (χ1n) is 8.19. The van der Waals surface area contributed by atoms with E-state index in [0.717, 1.165) is 0 Å². The van der Waals surface area contributed by atoms with Gasteiger partial charge in [-0.2, -0.15) is 0 Å². The molecular weight excluding hydrogens is 318 g/mol. The Bertz CT molecular complexity index is 539. The summed E-state index contributed by atoms with van der Waals surface area (Å²) >= 11 is 0. The zero-order valence-corrected chi connectivity index (χ0v) is 14.3. The van der Waals surface area contributed by atoms with Crippen molar-refractivity contribution >= 4 is 11.9 Å². The number of carbonyl (C=O) groups is 2. The Kier molecular flexibility index (Phi) is 4.54. The third kappa shape index (κ3) is 3.01. The molecule has 3 aliphatic heterocycles. The molecule has 3 rings (SSSR count). The number of hydrogen-bond acceptors (Lipinski definition) is 8. The number of piperidine rings is 1.